The lowest BCUT2D eigenvalue weighted by Crippen LogP contribution is -2.34. The summed E-state index contributed by atoms with van der Waals surface area (Å²) in [7, 11) is 0. The molecule has 3 N–H and O–H groups in total. The van der Waals surface area contributed by atoms with Crippen molar-refractivity contribution in [2.24, 2.45) is 11.1 Å². The number of benzene rings is 1. The highest BCUT2D eigenvalue weighted by Crippen LogP contribution is 2.17. The first kappa shape index (κ1) is 18.1. The smallest absolute Gasteiger partial charge is 0.246 e. The predicted molar refractivity (Wildman–Crippen MR) is 86.2 cm³/mol. The number of hydrogen-bond acceptors (Lipinski definition) is 5. The molecule has 0 radical (unpaired) electrons. The third-order valence-electron chi connectivity index (χ3n) is 3.00. The highest BCUT2D eigenvalue weighted by atomic mass is 35.5. The first-order chi connectivity index (χ1) is 9.90. The van der Waals surface area contributed by atoms with E-state index in [0.717, 1.165) is 11.1 Å². The summed E-state index contributed by atoms with van der Waals surface area (Å²) in [5.74, 6) is 0.818. The number of aromatic nitrogens is 2. The average molecular weight is 325 g/mol. The average Bonchev–Trinajstić information content (AvgIpc) is 2.92. The molecule has 0 unspecified atom stereocenters. The van der Waals surface area contributed by atoms with Crippen molar-refractivity contribution in [3.63, 3.8) is 0 Å². The van der Waals surface area contributed by atoms with Crippen LogP contribution in [0.3, 0.4) is 0 Å². The van der Waals surface area contributed by atoms with Gasteiger partial charge in [-0.1, -0.05) is 50.2 Å². The normalized spacial score (nSPS) is 10.9. The van der Waals surface area contributed by atoms with Gasteiger partial charge < -0.3 is 15.6 Å². The Morgan fingerprint density at radius 1 is 1.27 bits per heavy atom. The van der Waals surface area contributed by atoms with Crippen LogP contribution >= 0.6 is 12.4 Å². The SMILES string of the molecule is CC(C)(C)C(=O)NCc1nc(-c2ccc(CN)cc2)no1.Cl. The molecule has 0 aliphatic rings. The lowest BCUT2D eigenvalue weighted by atomic mass is 9.96. The molecule has 0 aliphatic carbocycles. The Labute approximate surface area is 135 Å². The first-order valence-corrected chi connectivity index (χ1v) is 6.80. The summed E-state index contributed by atoms with van der Waals surface area (Å²) in [6.07, 6.45) is 0. The first-order valence-electron chi connectivity index (χ1n) is 6.80. The second-order valence-electron chi connectivity index (χ2n) is 5.85. The second-order valence-corrected chi connectivity index (χ2v) is 5.85. The maximum atomic E-state index is 11.8. The molecule has 0 fully saturated rings. The molecule has 22 heavy (non-hydrogen) atoms. The minimum atomic E-state index is -0.444. The van der Waals surface area contributed by atoms with E-state index in [4.69, 9.17) is 10.3 Å². The second kappa shape index (κ2) is 7.38. The van der Waals surface area contributed by atoms with Crippen molar-refractivity contribution >= 4 is 18.3 Å². The summed E-state index contributed by atoms with van der Waals surface area (Å²) in [6.45, 7) is 6.27. The fourth-order valence-corrected chi connectivity index (χ4v) is 1.65. The molecule has 0 saturated carbocycles. The van der Waals surface area contributed by atoms with E-state index >= 15 is 0 Å². The Hall–Kier alpha value is -1.92. The van der Waals surface area contributed by atoms with Crippen molar-refractivity contribution in [2.45, 2.75) is 33.9 Å². The number of halogens is 1. The Morgan fingerprint density at radius 2 is 1.91 bits per heavy atom. The molecule has 0 aliphatic heterocycles. The van der Waals surface area contributed by atoms with Crippen LogP contribution in [0, 0.1) is 5.41 Å². The van der Waals surface area contributed by atoms with Crippen LogP contribution in [0.4, 0.5) is 0 Å². The third-order valence-corrected chi connectivity index (χ3v) is 3.00. The fourth-order valence-electron chi connectivity index (χ4n) is 1.65. The molecule has 2 rings (SSSR count). The zero-order valence-corrected chi connectivity index (χ0v) is 13.7. The van der Waals surface area contributed by atoms with Gasteiger partial charge in [0.25, 0.3) is 0 Å². The zero-order valence-electron chi connectivity index (χ0n) is 12.9. The van der Waals surface area contributed by atoms with Gasteiger partial charge in [0.2, 0.25) is 17.6 Å². The molecule has 1 aromatic carbocycles. The number of rotatable bonds is 4. The zero-order chi connectivity index (χ0) is 15.5. The molecule has 2 aromatic rings. The summed E-state index contributed by atoms with van der Waals surface area (Å²) in [5, 5.41) is 6.68. The molecule has 0 spiro atoms. The minimum Gasteiger partial charge on any atom is -0.347 e. The number of nitrogens with zero attached hydrogens (tertiary/aromatic N) is 2. The number of carbonyl (C=O) groups is 1. The van der Waals surface area contributed by atoms with Crippen molar-refractivity contribution in [3.8, 4) is 11.4 Å². The predicted octanol–water partition coefficient (Wildman–Crippen LogP) is 2.28. The van der Waals surface area contributed by atoms with Gasteiger partial charge in [0.15, 0.2) is 0 Å². The van der Waals surface area contributed by atoms with Crippen molar-refractivity contribution in [3.05, 3.63) is 35.7 Å². The number of amides is 1. The largest absolute Gasteiger partial charge is 0.347 e. The van der Waals surface area contributed by atoms with E-state index in [0.29, 0.717) is 18.3 Å². The van der Waals surface area contributed by atoms with Crippen molar-refractivity contribution < 1.29 is 9.32 Å². The van der Waals surface area contributed by atoms with E-state index in [-0.39, 0.29) is 24.9 Å². The van der Waals surface area contributed by atoms with Gasteiger partial charge in [-0.05, 0) is 5.56 Å². The molecule has 120 valence electrons. The van der Waals surface area contributed by atoms with Gasteiger partial charge in [-0.25, -0.2) is 0 Å². The summed E-state index contributed by atoms with van der Waals surface area (Å²) in [5.41, 5.74) is 7.00. The van der Waals surface area contributed by atoms with Crippen LogP contribution in [-0.4, -0.2) is 16.0 Å². The summed E-state index contributed by atoms with van der Waals surface area (Å²) in [4.78, 5) is 16.0. The van der Waals surface area contributed by atoms with E-state index in [2.05, 4.69) is 15.5 Å². The van der Waals surface area contributed by atoms with Crippen molar-refractivity contribution in [2.75, 3.05) is 0 Å². The summed E-state index contributed by atoms with van der Waals surface area (Å²) >= 11 is 0. The molecule has 1 heterocycles. The standard InChI is InChI=1S/C15H20N4O2.ClH/c1-15(2,3)14(20)17-9-12-18-13(19-21-12)11-6-4-10(8-16)5-7-11;/h4-7H,8-9,16H2,1-3H3,(H,17,20);1H. The van der Waals surface area contributed by atoms with Gasteiger partial charge >= 0.3 is 0 Å². The summed E-state index contributed by atoms with van der Waals surface area (Å²) < 4.78 is 5.14. The molecule has 7 heteroatoms. The maximum absolute atomic E-state index is 11.8. The van der Waals surface area contributed by atoms with E-state index < -0.39 is 5.41 Å². The van der Waals surface area contributed by atoms with Crippen LogP contribution in [0.1, 0.15) is 32.2 Å². The Morgan fingerprint density at radius 3 is 2.45 bits per heavy atom. The van der Waals surface area contributed by atoms with Gasteiger partial charge in [0.1, 0.15) is 0 Å². The highest BCUT2D eigenvalue weighted by molar-refractivity contribution is 5.85. The molecule has 6 nitrogen and oxygen atoms in total. The van der Waals surface area contributed by atoms with Gasteiger partial charge in [-0.15, -0.1) is 12.4 Å². The lowest BCUT2D eigenvalue weighted by molar-refractivity contribution is -0.128. The van der Waals surface area contributed by atoms with Crippen LogP contribution < -0.4 is 11.1 Å². The molecule has 1 aromatic heterocycles. The number of carbonyl (C=O) groups excluding carboxylic acids is 1. The van der Waals surface area contributed by atoms with Crippen LogP contribution in [0.25, 0.3) is 11.4 Å². The number of nitrogens with two attached hydrogens (primary N) is 1. The lowest BCUT2D eigenvalue weighted by Gasteiger charge is -2.16. The van der Waals surface area contributed by atoms with Gasteiger partial charge in [-0.2, -0.15) is 4.98 Å². The topological polar surface area (TPSA) is 94.0 Å². The number of nitrogens with one attached hydrogen (secondary N) is 1. The molecule has 1 amide bonds. The Bertz CT molecular complexity index is 617. The van der Waals surface area contributed by atoms with E-state index in [1.165, 1.54) is 0 Å². The van der Waals surface area contributed by atoms with Gasteiger partial charge in [-0.3, -0.25) is 4.79 Å². The van der Waals surface area contributed by atoms with E-state index in [9.17, 15) is 4.79 Å². The van der Waals surface area contributed by atoms with Gasteiger partial charge in [0.05, 0.1) is 6.54 Å². The molecule has 0 saturated heterocycles. The van der Waals surface area contributed by atoms with Crippen LogP contribution in [0.15, 0.2) is 28.8 Å². The van der Waals surface area contributed by atoms with E-state index in [1.54, 1.807) is 0 Å². The Balaban J connectivity index is 0.00000242. The summed E-state index contributed by atoms with van der Waals surface area (Å²) in [6, 6.07) is 7.63. The third kappa shape index (κ3) is 4.54. The monoisotopic (exact) mass is 324 g/mol. The number of hydrogen-bond donors (Lipinski definition) is 2. The fraction of sp³-hybridized carbons (Fsp3) is 0.400. The highest BCUT2D eigenvalue weighted by Gasteiger charge is 2.21. The molecule has 0 atom stereocenters. The minimum absolute atomic E-state index is 0. The Kier molecular flexibility index (Phi) is 6.08. The maximum Gasteiger partial charge on any atom is 0.246 e. The van der Waals surface area contributed by atoms with Crippen LogP contribution in [0.2, 0.25) is 0 Å². The van der Waals surface area contributed by atoms with Crippen molar-refractivity contribution in [1.82, 2.24) is 15.5 Å². The quantitative estimate of drug-likeness (QED) is 0.899. The van der Waals surface area contributed by atoms with Crippen LogP contribution in [-0.2, 0) is 17.9 Å². The molecular formula is C15H21ClN4O2. The van der Waals surface area contributed by atoms with Gasteiger partial charge in [0, 0.05) is 17.5 Å². The van der Waals surface area contributed by atoms with E-state index in [1.807, 2.05) is 45.0 Å². The molecule has 0 bridgehead atoms. The molecular weight excluding hydrogens is 304 g/mol. The van der Waals surface area contributed by atoms with Crippen LogP contribution in [0.5, 0.6) is 0 Å². The van der Waals surface area contributed by atoms with Crippen molar-refractivity contribution in [1.29, 1.82) is 0 Å².